The van der Waals surface area contributed by atoms with Crippen LogP contribution in [0.4, 0.5) is 0 Å². The van der Waals surface area contributed by atoms with Crippen LogP contribution in [0, 0.1) is 5.92 Å². The summed E-state index contributed by atoms with van der Waals surface area (Å²) in [5.41, 5.74) is 5.70. The lowest BCUT2D eigenvalue weighted by atomic mass is 10.2. The van der Waals surface area contributed by atoms with Crippen molar-refractivity contribution >= 4 is 0 Å². The Morgan fingerprint density at radius 1 is 1.43 bits per heavy atom. The highest BCUT2D eigenvalue weighted by Crippen LogP contribution is 2.05. The monoisotopic (exact) mass is 196 g/mol. The molecule has 1 heterocycles. The Labute approximate surface area is 85.5 Å². The van der Waals surface area contributed by atoms with E-state index in [2.05, 4.69) is 28.6 Å². The van der Waals surface area contributed by atoms with Crippen LogP contribution in [0.3, 0.4) is 0 Å². The Balaban J connectivity index is 2.53. The standard InChI is InChI=1S/C10H20N4/c1-8(2)6-14-7-12-13-10(14)5-4-9(3)11/h7-9H,4-6,11H2,1-3H3. The molecule has 0 amide bonds. The Kier molecular flexibility index (Phi) is 4.07. The van der Waals surface area contributed by atoms with E-state index in [1.807, 2.05) is 6.92 Å². The van der Waals surface area contributed by atoms with Crippen molar-refractivity contribution in [2.45, 2.75) is 46.2 Å². The molecule has 0 bridgehead atoms. The van der Waals surface area contributed by atoms with E-state index < -0.39 is 0 Å². The number of rotatable bonds is 5. The molecule has 0 saturated carbocycles. The van der Waals surface area contributed by atoms with Gasteiger partial charge in [-0.05, 0) is 19.3 Å². The zero-order valence-electron chi connectivity index (χ0n) is 9.27. The summed E-state index contributed by atoms with van der Waals surface area (Å²) in [5.74, 6) is 1.68. The molecule has 4 nitrogen and oxygen atoms in total. The minimum atomic E-state index is 0.235. The van der Waals surface area contributed by atoms with Crippen LogP contribution >= 0.6 is 0 Å². The van der Waals surface area contributed by atoms with Crippen molar-refractivity contribution in [2.75, 3.05) is 0 Å². The van der Waals surface area contributed by atoms with E-state index in [1.165, 1.54) is 0 Å². The molecule has 0 radical (unpaired) electrons. The van der Waals surface area contributed by atoms with Crippen LogP contribution < -0.4 is 5.73 Å². The smallest absolute Gasteiger partial charge is 0.132 e. The van der Waals surface area contributed by atoms with Crippen LogP contribution in [0.1, 0.15) is 33.0 Å². The molecular formula is C10H20N4. The van der Waals surface area contributed by atoms with E-state index in [-0.39, 0.29) is 6.04 Å². The highest BCUT2D eigenvalue weighted by Gasteiger charge is 2.06. The van der Waals surface area contributed by atoms with Gasteiger partial charge >= 0.3 is 0 Å². The lowest BCUT2D eigenvalue weighted by Gasteiger charge is -2.09. The van der Waals surface area contributed by atoms with Gasteiger partial charge in [-0.3, -0.25) is 0 Å². The summed E-state index contributed by atoms with van der Waals surface area (Å²) < 4.78 is 2.12. The van der Waals surface area contributed by atoms with Gasteiger partial charge in [0.25, 0.3) is 0 Å². The molecule has 0 aliphatic carbocycles. The highest BCUT2D eigenvalue weighted by molar-refractivity contribution is 4.87. The molecule has 0 fully saturated rings. The summed E-state index contributed by atoms with van der Waals surface area (Å²) >= 11 is 0. The minimum Gasteiger partial charge on any atom is -0.328 e. The largest absolute Gasteiger partial charge is 0.328 e. The number of aromatic nitrogens is 3. The Morgan fingerprint density at radius 3 is 2.71 bits per heavy atom. The van der Waals surface area contributed by atoms with Gasteiger partial charge in [0.05, 0.1) is 0 Å². The van der Waals surface area contributed by atoms with E-state index in [1.54, 1.807) is 6.33 Å². The fraction of sp³-hybridized carbons (Fsp3) is 0.800. The summed E-state index contributed by atoms with van der Waals surface area (Å²) in [6, 6.07) is 0.235. The maximum absolute atomic E-state index is 5.70. The van der Waals surface area contributed by atoms with Gasteiger partial charge in [-0.25, -0.2) is 0 Å². The number of hydrogen-bond acceptors (Lipinski definition) is 3. The molecule has 1 atom stereocenters. The Hall–Kier alpha value is -0.900. The second-order valence-corrected chi connectivity index (χ2v) is 4.31. The van der Waals surface area contributed by atoms with Crippen LogP contribution in [-0.2, 0) is 13.0 Å². The van der Waals surface area contributed by atoms with Crippen LogP contribution in [0.25, 0.3) is 0 Å². The number of nitrogens with two attached hydrogens (primary N) is 1. The van der Waals surface area contributed by atoms with Gasteiger partial charge < -0.3 is 10.3 Å². The zero-order chi connectivity index (χ0) is 10.6. The topological polar surface area (TPSA) is 56.7 Å². The normalized spacial score (nSPS) is 13.5. The maximum atomic E-state index is 5.70. The molecule has 1 unspecified atom stereocenters. The van der Waals surface area contributed by atoms with Gasteiger partial charge in [0, 0.05) is 19.0 Å². The first kappa shape index (κ1) is 11.2. The lowest BCUT2D eigenvalue weighted by molar-refractivity contribution is 0.499. The Morgan fingerprint density at radius 2 is 2.14 bits per heavy atom. The molecule has 14 heavy (non-hydrogen) atoms. The third kappa shape index (κ3) is 3.46. The molecule has 0 aromatic carbocycles. The predicted molar refractivity (Wildman–Crippen MR) is 56.8 cm³/mol. The molecule has 80 valence electrons. The molecule has 1 aromatic rings. The summed E-state index contributed by atoms with van der Waals surface area (Å²) in [6.45, 7) is 7.38. The zero-order valence-corrected chi connectivity index (χ0v) is 9.27. The fourth-order valence-electron chi connectivity index (χ4n) is 1.38. The van der Waals surface area contributed by atoms with Gasteiger partial charge in [0.15, 0.2) is 0 Å². The summed E-state index contributed by atoms with van der Waals surface area (Å²) in [6.07, 6.45) is 3.69. The van der Waals surface area contributed by atoms with Gasteiger partial charge in [-0.15, -0.1) is 10.2 Å². The SMILES string of the molecule is CC(C)Cn1cnnc1CCC(C)N. The molecular weight excluding hydrogens is 176 g/mol. The predicted octanol–water partition coefficient (Wildman–Crippen LogP) is 1.21. The van der Waals surface area contributed by atoms with Crippen molar-refractivity contribution in [3.05, 3.63) is 12.2 Å². The second-order valence-electron chi connectivity index (χ2n) is 4.31. The van der Waals surface area contributed by atoms with Crippen LogP contribution in [0.5, 0.6) is 0 Å². The van der Waals surface area contributed by atoms with Crippen molar-refractivity contribution in [2.24, 2.45) is 11.7 Å². The minimum absolute atomic E-state index is 0.235. The average molecular weight is 196 g/mol. The molecule has 0 saturated heterocycles. The van der Waals surface area contributed by atoms with Crippen molar-refractivity contribution in [1.29, 1.82) is 0 Å². The van der Waals surface area contributed by atoms with E-state index in [9.17, 15) is 0 Å². The van der Waals surface area contributed by atoms with Crippen molar-refractivity contribution < 1.29 is 0 Å². The summed E-state index contributed by atoms with van der Waals surface area (Å²) in [5, 5.41) is 8.02. The van der Waals surface area contributed by atoms with Crippen LogP contribution in [-0.4, -0.2) is 20.8 Å². The van der Waals surface area contributed by atoms with Gasteiger partial charge in [0.1, 0.15) is 12.2 Å². The average Bonchev–Trinajstić information content (AvgIpc) is 2.47. The van der Waals surface area contributed by atoms with Crippen molar-refractivity contribution in [1.82, 2.24) is 14.8 Å². The fourth-order valence-corrected chi connectivity index (χ4v) is 1.38. The molecule has 0 aliphatic heterocycles. The third-order valence-electron chi connectivity index (χ3n) is 2.08. The quantitative estimate of drug-likeness (QED) is 0.770. The number of hydrogen-bond donors (Lipinski definition) is 1. The molecule has 1 rings (SSSR count). The van der Waals surface area contributed by atoms with E-state index in [0.717, 1.165) is 25.2 Å². The number of nitrogens with zero attached hydrogens (tertiary/aromatic N) is 3. The van der Waals surface area contributed by atoms with Crippen molar-refractivity contribution in [3.8, 4) is 0 Å². The first-order valence-corrected chi connectivity index (χ1v) is 5.22. The van der Waals surface area contributed by atoms with E-state index >= 15 is 0 Å². The van der Waals surface area contributed by atoms with Crippen LogP contribution in [0.15, 0.2) is 6.33 Å². The highest BCUT2D eigenvalue weighted by atomic mass is 15.3. The molecule has 1 aromatic heterocycles. The third-order valence-corrected chi connectivity index (χ3v) is 2.08. The summed E-state index contributed by atoms with van der Waals surface area (Å²) in [7, 11) is 0. The second kappa shape index (κ2) is 5.10. The van der Waals surface area contributed by atoms with Crippen molar-refractivity contribution in [3.63, 3.8) is 0 Å². The lowest BCUT2D eigenvalue weighted by Crippen LogP contribution is -2.17. The molecule has 0 aliphatic rings. The first-order valence-electron chi connectivity index (χ1n) is 5.22. The van der Waals surface area contributed by atoms with E-state index in [0.29, 0.717) is 5.92 Å². The molecule has 2 N–H and O–H groups in total. The van der Waals surface area contributed by atoms with Crippen LogP contribution in [0.2, 0.25) is 0 Å². The molecule has 0 spiro atoms. The molecule has 4 heteroatoms. The Bertz CT molecular complexity index is 265. The van der Waals surface area contributed by atoms with Gasteiger partial charge in [-0.1, -0.05) is 13.8 Å². The van der Waals surface area contributed by atoms with Gasteiger partial charge in [0.2, 0.25) is 0 Å². The first-order chi connectivity index (χ1) is 6.59. The number of aryl methyl sites for hydroxylation is 1. The van der Waals surface area contributed by atoms with E-state index in [4.69, 9.17) is 5.73 Å². The maximum Gasteiger partial charge on any atom is 0.132 e. The summed E-state index contributed by atoms with van der Waals surface area (Å²) in [4.78, 5) is 0. The van der Waals surface area contributed by atoms with Gasteiger partial charge in [-0.2, -0.15) is 0 Å².